The van der Waals surface area contributed by atoms with Gasteiger partial charge in [0.25, 0.3) is 0 Å². The smallest absolute Gasteiger partial charge is 0.224 e. The molecule has 17 heavy (non-hydrogen) atoms. The van der Waals surface area contributed by atoms with Gasteiger partial charge in [-0.1, -0.05) is 13.8 Å². The largest absolute Gasteiger partial charge is 0.370 e. The van der Waals surface area contributed by atoms with E-state index in [1.165, 1.54) is 0 Å². The molecule has 0 spiro atoms. The molecule has 102 valence electrons. The molecule has 0 atom stereocenters. The maximum absolute atomic E-state index is 11.0. The Labute approximate surface area is 121 Å². The molecule has 1 amide bonds. The second-order valence-corrected chi connectivity index (χ2v) is 5.06. The summed E-state index contributed by atoms with van der Waals surface area (Å²) in [6.45, 7) is 8.89. The zero-order valence-corrected chi connectivity index (χ0v) is 13.4. The van der Waals surface area contributed by atoms with Crippen molar-refractivity contribution in [3.05, 3.63) is 0 Å². The number of carbonyl (C=O) groups is 1. The Morgan fingerprint density at radius 3 is 2.29 bits per heavy atom. The van der Waals surface area contributed by atoms with Crippen molar-refractivity contribution in [2.45, 2.75) is 34.1 Å². The van der Waals surface area contributed by atoms with Crippen LogP contribution in [-0.2, 0) is 4.79 Å². The van der Waals surface area contributed by atoms with Gasteiger partial charge in [0.2, 0.25) is 5.91 Å². The molecule has 0 aliphatic heterocycles. The standard InChI is InChI=1S/C11H24N4O.HI/c1-8(2)5-6-14-10(13)15-7-11(3,4)9(12)16;/h8H,5-7H2,1-4H3,(H2,12,16)(H3,13,14,15);1H. The van der Waals surface area contributed by atoms with Crippen molar-refractivity contribution in [2.75, 3.05) is 13.1 Å². The van der Waals surface area contributed by atoms with Crippen LogP contribution in [0.3, 0.4) is 0 Å². The minimum absolute atomic E-state index is 0. The molecule has 0 aromatic rings. The van der Waals surface area contributed by atoms with Gasteiger partial charge < -0.3 is 16.8 Å². The van der Waals surface area contributed by atoms with Gasteiger partial charge in [-0.25, -0.2) is 0 Å². The molecule has 0 heterocycles. The minimum atomic E-state index is -0.648. The highest BCUT2D eigenvalue weighted by atomic mass is 127. The Morgan fingerprint density at radius 2 is 1.88 bits per heavy atom. The number of hydrogen-bond donors (Lipinski definition) is 3. The summed E-state index contributed by atoms with van der Waals surface area (Å²) in [5.41, 5.74) is 10.2. The summed E-state index contributed by atoms with van der Waals surface area (Å²) >= 11 is 0. The van der Waals surface area contributed by atoms with E-state index in [2.05, 4.69) is 24.2 Å². The zero-order chi connectivity index (χ0) is 12.8. The van der Waals surface area contributed by atoms with E-state index in [4.69, 9.17) is 11.5 Å². The average molecular weight is 356 g/mol. The molecule has 0 aromatic carbocycles. The van der Waals surface area contributed by atoms with Crippen LogP contribution in [0, 0.1) is 11.3 Å². The van der Waals surface area contributed by atoms with Crippen LogP contribution in [0.2, 0.25) is 0 Å². The first kappa shape index (κ1) is 18.8. The van der Waals surface area contributed by atoms with Gasteiger partial charge in [0, 0.05) is 6.54 Å². The number of nitrogens with one attached hydrogen (secondary N) is 1. The molecule has 5 N–H and O–H groups in total. The Kier molecular flexibility index (Phi) is 9.46. The van der Waals surface area contributed by atoms with Crippen LogP contribution in [0.1, 0.15) is 34.1 Å². The third-order valence-corrected chi connectivity index (χ3v) is 2.34. The Bertz CT molecular complexity index is 264. The van der Waals surface area contributed by atoms with Gasteiger partial charge in [0.15, 0.2) is 5.96 Å². The van der Waals surface area contributed by atoms with Gasteiger partial charge >= 0.3 is 0 Å². The van der Waals surface area contributed by atoms with Crippen molar-refractivity contribution in [2.24, 2.45) is 27.8 Å². The molecular formula is C11H25IN4O. The summed E-state index contributed by atoms with van der Waals surface area (Å²) in [5.74, 6) is 0.628. The first-order valence-electron chi connectivity index (χ1n) is 5.59. The fraction of sp³-hybridized carbons (Fsp3) is 0.818. The lowest BCUT2D eigenvalue weighted by molar-refractivity contribution is -0.125. The van der Waals surface area contributed by atoms with Crippen molar-refractivity contribution in [3.63, 3.8) is 0 Å². The van der Waals surface area contributed by atoms with E-state index in [9.17, 15) is 4.79 Å². The fourth-order valence-corrected chi connectivity index (χ4v) is 0.906. The monoisotopic (exact) mass is 356 g/mol. The molecule has 6 heteroatoms. The molecule has 0 rings (SSSR count). The van der Waals surface area contributed by atoms with Gasteiger partial charge in [0.1, 0.15) is 0 Å². The second kappa shape index (κ2) is 8.54. The lowest BCUT2D eigenvalue weighted by atomic mass is 9.93. The van der Waals surface area contributed by atoms with E-state index in [0.717, 1.165) is 13.0 Å². The van der Waals surface area contributed by atoms with Crippen LogP contribution in [0.25, 0.3) is 0 Å². The molecule has 5 nitrogen and oxygen atoms in total. The van der Waals surface area contributed by atoms with Crippen molar-refractivity contribution in [1.29, 1.82) is 0 Å². The highest BCUT2D eigenvalue weighted by Gasteiger charge is 2.24. The molecule has 0 radical (unpaired) electrons. The van der Waals surface area contributed by atoms with Crippen molar-refractivity contribution in [3.8, 4) is 0 Å². The fourth-order valence-electron chi connectivity index (χ4n) is 0.906. The number of carbonyl (C=O) groups excluding carboxylic acids is 1. The highest BCUT2D eigenvalue weighted by Crippen LogP contribution is 2.13. The number of primary amides is 1. The van der Waals surface area contributed by atoms with E-state index in [1.54, 1.807) is 13.8 Å². The first-order chi connectivity index (χ1) is 7.25. The van der Waals surface area contributed by atoms with E-state index in [-0.39, 0.29) is 29.9 Å². The van der Waals surface area contributed by atoms with E-state index in [0.29, 0.717) is 18.4 Å². The van der Waals surface area contributed by atoms with Crippen LogP contribution < -0.4 is 16.8 Å². The summed E-state index contributed by atoms with van der Waals surface area (Å²) in [4.78, 5) is 15.1. The Balaban J connectivity index is 0. The number of amides is 1. The van der Waals surface area contributed by atoms with Crippen molar-refractivity contribution < 1.29 is 4.79 Å². The van der Waals surface area contributed by atoms with Gasteiger partial charge in [-0.15, -0.1) is 24.0 Å². The highest BCUT2D eigenvalue weighted by molar-refractivity contribution is 14.0. The quantitative estimate of drug-likeness (QED) is 0.378. The summed E-state index contributed by atoms with van der Waals surface area (Å²) < 4.78 is 0. The van der Waals surface area contributed by atoms with Crippen LogP contribution in [0.15, 0.2) is 4.99 Å². The number of rotatable bonds is 6. The van der Waals surface area contributed by atoms with Crippen LogP contribution >= 0.6 is 24.0 Å². The molecule has 0 unspecified atom stereocenters. The Morgan fingerprint density at radius 1 is 1.35 bits per heavy atom. The molecule has 0 bridgehead atoms. The SMILES string of the molecule is CC(C)CCNC(N)=NCC(C)(C)C(N)=O.I. The molecule has 0 aliphatic rings. The lowest BCUT2D eigenvalue weighted by Gasteiger charge is -2.17. The molecule has 0 aliphatic carbocycles. The van der Waals surface area contributed by atoms with Crippen LogP contribution in [-0.4, -0.2) is 25.0 Å². The predicted octanol–water partition coefficient (Wildman–Crippen LogP) is 1.07. The number of nitrogens with zero attached hydrogens (tertiary/aromatic N) is 1. The van der Waals surface area contributed by atoms with Crippen molar-refractivity contribution >= 4 is 35.8 Å². The van der Waals surface area contributed by atoms with Gasteiger partial charge in [-0.2, -0.15) is 0 Å². The third kappa shape index (κ3) is 9.20. The normalized spacial score (nSPS) is 12.2. The van der Waals surface area contributed by atoms with Crippen molar-refractivity contribution in [1.82, 2.24) is 5.32 Å². The molecule has 0 fully saturated rings. The average Bonchev–Trinajstić information content (AvgIpc) is 2.14. The molecule has 0 saturated heterocycles. The Hall–Kier alpha value is -0.530. The van der Waals surface area contributed by atoms with E-state index in [1.807, 2.05) is 0 Å². The summed E-state index contributed by atoms with van der Waals surface area (Å²) in [5, 5.41) is 3.00. The first-order valence-corrected chi connectivity index (χ1v) is 5.59. The number of hydrogen-bond acceptors (Lipinski definition) is 2. The summed E-state index contributed by atoms with van der Waals surface area (Å²) in [6, 6.07) is 0. The predicted molar refractivity (Wildman–Crippen MR) is 82.3 cm³/mol. The molecule has 0 saturated carbocycles. The number of guanidine groups is 1. The third-order valence-electron chi connectivity index (χ3n) is 2.34. The maximum Gasteiger partial charge on any atom is 0.224 e. The zero-order valence-electron chi connectivity index (χ0n) is 11.1. The number of halogens is 1. The van der Waals surface area contributed by atoms with E-state index >= 15 is 0 Å². The van der Waals surface area contributed by atoms with Gasteiger partial charge in [0.05, 0.1) is 12.0 Å². The molecular weight excluding hydrogens is 331 g/mol. The minimum Gasteiger partial charge on any atom is -0.370 e. The lowest BCUT2D eigenvalue weighted by Crippen LogP contribution is -2.37. The summed E-state index contributed by atoms with van der Waals surface area (Å²) in [6.07, 6.45) is 1.04. The maximum atomic E-state index is 11.0. The topological polar surface area (TPSA) is 93.5 Å². The van der Waals surface area contributed by atoms with Crippen LogP contribution in [0.5, 0.6) is 0 Å². The second-order valence-electron chi connectivity index (χ2n) is 5.06. The van der Waals surface area contributed by atoms with Crippen LogP contribution in [0.4, 0.5) is 0 Å². The molecule has 0 aromatic heterocycles. The van der Waals surface area contributed by atoms with Gasteiger partial charge in [-0.05, 0) is 26.2 Å². The number of nitrogens with two attached hydrogens (primary N) is 2. The summed E-state index contributed by atoms with van der Waals surface area (Å²) in [7, 11) is 0. The number of aliphatic imine (C=N–C) groups is 1. The van der Waals surface area contributed by atoms with Gasteiger partial charge in [-0.3, -0.25) is 9.79 Å². The van der Waals surface area contributed by atoms with E-state index < -0.39 is 5.41 Å².